The number of rotatable bonds is 11. The zero-order valence-corrected chi connectivity index (χ0v) is 24.5. The minimum Gasteiger partial charge on any atom is -0.382 e. The summed E-state index contributed by atoms with van der Waals surface area (Å²) in [6.07, 6.45) is 4.05. The van der Waals surface area contributed by atoms with Crippen LogP contribution in [0.1, 0.15) is 53.0 Å². The highest BCUT2D eigenvalue weighted by Gasteiger charge is 2.20. The molecule has 3 aromatic rings. The van der Waals surface area contributed by atoms with Crippen molar-refractivity contribution in [2.24, 2.45) is 5.73 Å². The molecule has 10 nitrogen and oxygen atoms in total. The van der Waals surface area contributed by atoms with Crippen molar-refractivity contribution in [1.82, 2.24) is 20.2 Å². The Kier molecular flexibility index (Phi) is 9.91. The summed E-state index contributed by atoms with van der Waals surface area (Å²) in [7, 11) is 0. The molecule has 1 amide bonds. The average Bonchev–Trinajstić information content (AvgIpc) is 2.95. The summed E-state index contributed by atoms with van der Waals surface area (Å²) in [6.45, 7) is 13.4. The van der Waals surface area contributed by atoms with Crippen molar-refractivity contribution < 1.29 is 4.79 Å². The molecule has 218 valence electrons. The van der Waals surface area contributed by atoms with Crippen LogP contribution in [0, 0.1) is 19.3 Å². The van der Waals surface area contributed by atoms with Gasteiger partial charge in [0.15, 0.2) is 0 Å². The van der Waals surface area contributed by atoms with Gasteiger partial charge in [-0.05, 0) is 88.7 Å². The molecule has 6 N–H and O–H groups in total. The minimum atomic E-state index is -0.353. The van der Waals surface area contributed by atoms with Gasteiger partial charge in [0, 0.05) is 79.2 Å². The molecule has 1 saturated heterocycles. The molecule has 2 aromatic heterocycles. The van der Waals surface area contributed by atoms with E-state index in [1.54, 1.807) is 6.07 Å². The number of carbonyl (C=O) groups is 1. The molecule has 1 fully saturated rings. The Morgan fingerprint density at radius 1 is 1.15 bits per heavy atom. The molecule has 0 atom stereocenters. The quantitative estimate of drug-likeness (QED) is 0.227. The molecule has 0 radical (unpaired) electrons. The Morgan fingerprint density at radius 3 is 2.51 bits per heavy atom. The van der Waals surface area contributed by atoms with Crippen molar-refractivity contribution in [1.29, 1.82) is 5.41 Å². The number of anilines is 2. The van der Waals surface area contributed by atoms with Crippen molar-refractivity contribution in [3.8, 4) is 11.1 Å². The first-order chi connectivity index (χ1) is 19.7. The summed E-state index contributed by atoms with van der Waals surface area (Å²) in [5.41, 5.74) is 10.8. The maximum absolute atomic E-state index is 13.5. The van der Waals surface area contributed by atoms with Gasteiger partial charge in [-0.1, -0.05) is 0 Å². The monoisotopic (exact) mass is 558 g/mol. The maximum atomic E-state index is 13.5. The molecule has 0 spiro atoms. The summed E-state index contributed by atoms with van der Waals surface area (Å²) in [6, 6.07) is 9.78. The first-order valence-electron chi connectivity index (χ1n) is 14.3. The van der Waals surface area contributed by atoms with E-state index >= 15 is 0 Å². The van der Waals surface area contributed by atoms with Gasteiger partial charge in [-0.2, -0.15) is 0 Å². The first-order valence-corrected chi connectivity index (χ1v) is 14.3. The van der Waals surface area contributed by atoms with Crippen molar-refractivity contribution in [2.75, 3.05) is 49.5 Å². The number of benzene rings is 1. The van der Waals surface area contributed by atoms with Crippen molar-refractivity contribution >= 4 is 23.6 Å². The van der Waals surface area contributed by atoms with Gasteiger partial charge in [-0.3, -0.25) is 14.5 Å². The van der Waals surface area contributed by atoms with Crippen LogP contribution >= 0.6 is 0 Å². The number of hydrogen-bond donors (Lipinski definition) is 5. The Morgan fingerprint density at radius 2 is 1.90 bits per heavy atom. The second-order valence-electron chi connectivity index (χ2n) is 10.9. The van der Waals surface area contributed by atoms with Crippen LogP contribution in [0.2, 0.25) is 0 Å². The fraction of sp³-hybridized carbons (Fsp3) is 0.419. The number of H-pyrrole nitrogens is 1. The second-order valence-corrected chi connectivity index (χ2v) is 10.9. The number of hydrogen-bond acceptors (Lipinski definition) is 8. The van der Waals surface area contributed by atoms with Crippen LogP contribution in [0.3, 0.4) is 0 Å². The second kappa shape index (κ2) is 13.6. The summed E-state index contributed by atoms with van der Waals surface area (Å²) < 4.78 is 0. The van der Waals surface area contributed by atoms with Crippen LogP contribution in [0.15, 0.2) is 41.3 Å². The van der Waals surface area contributed by atoms with E-state index in [-0.39, 0.29) is 24.1 Å². The molecule has 1 aromatic carbocycles. The zero-order chi connectivity index (χ0) is 29.5. The van der Waals surface area contributed by atoms with Crippen molar-refractivity contribution in [3.63, 3.8) is 0 Å². The van der Waals surface area contributed by atoms with Crippen LogP contribution in [-0.4, -0.2) is 72.3 Å². The zero-order valence-electron chi connectivity index (χ0n) is 24.5. The number of carbonyl (C=O) groups excluding carboxylic acids is 1. The number of aryl methyl sites for hydroxylation is 2. The highest BCUT2D eigenvalue weighted by Crippen LogP contribution is 2.30. The third-order valence-corrected chi connectivity index (χ3v) is 7.39. The number of nitrogens with zero attached hydrogens (tertiary/aromatic N) is 3. The predicted molar refractivity (Wildman–Crippen MR) is 166 cm³/mol. The Hall–Kier alpha value is -4.02. The molecule has 41 heavy (non-hydrogen) atoms. The van der Waals surface area contributed by atoms with Crippen LogP contribution in [-0.2, 0) is 6.54 Å². The number of nitrogens with one attached hydrogen (secondary N) is 4. The van der Waals surface area contributed by atoms with E-state index in [0.717, 1.165) is 67.3 Å². The maximum Gasteiger partial charge on any atom is 0.253 e. The number of amides is 1. The van der Waals surface area contributed by atoms with Crippen molar-refractivity contribution in [2.45, 2.75) is 46.7 Å². The molecular weight excluding hydrogens is 516 g/mol. The smallest absolute Gasteiger partial charge is 0.253 e. The van der Waals surface area contributed by atoms with E-state index < -0.39 is 0 Å². The molecule has 1 aliphatic rings. The summed E-state index contributed by atoms with van der Waals surface area (Å²) in [5.74, 6) is 0.578. The lowest BCUT2D eigenvalue weighted by Gasteiger charge is -2.35. The summed E-state index contributed by atoms with van der Waals surface area (Å²) in [4.78, 5) is 38.2. The minimum absolute atomic E-state index is 0.0879. The molecule has 4 rings (SSSR count). The molecule has 10 heteroatoms. The van der Waals surface area contributed by atoms with Crippen LogP contribution in [0.25, 0.3) is 11.1 Å². The molecular formula is C31H42N8O2. The number of aromatic amines is 1. The van der Waals surface area contributed by atoms with Gasteiger partial charge >= 0.3 is 0 Å². The standard InChI is InChI=1S/C31H42N8O2/c1-20(2)36-28-16-24(23-6-7-29(34-18-23)39-12-10-38(11-13-39)9-5-8-32)15-25(26(28)17-33)30(40)35-19-27-21(3)14-22(4)37-31(27)41/h6-7,14-18,20,33,36H,5,8-13,19,32H2,1-4H3,(H,35,40)(H,37,41). The molecule has 0 saturated carbocycles. The highest BCUT2D eigenvalue weighted by molar-refractivity contribution is 6.06. The molecule has 3 heterocycles. The van der Waals surface area contributed by atoms with E-state index in [1.165, 1.54) is 6.21 Å². The van der Waals surface area contributed by atoms with Gasteiger partial charge in [0.25, 0.3) is 11.5 Å². The van der Waals surface area contributed by atoms with E-state index in [2.05, 4.69) is 25.4 Å². The third-order valence-electron chi connectivity index (χ3n) is 7.39. The van der Waals surface area contributed by atoms with E-state index in [0.29, 0.717) is 28.9 Å². The van der Waals surface area contributed by atoms with E-state index in [1.807, 2.05) is 58.2 Å². The van der Waals surface area contributed by atoms with Crippen molar-refractivity contribution in [3.05, 3.63) is 74.8 Å². The lowest BCUT2D eigenvalue weighted by Crippen LogP contribution is -2.47. The number of pyridine rings is 2. The topological polar surface area (TPSA) is 143 Å². The number of piperazine rings is 1. The normalized spacial score (nSPS) is 13.9. The van der Waals surface area contributed by atoms with Gasteiger partial charge in [0.1, 0.15) is 5.82 Å². The fourth-order valence-electron chi connectivity index (χ4n) is 5.22. The lowest BCUT2D eigenvalue weighted by molar-refractivity contribution is 0.0950. The number of nitrogens with two attached hydrogens (primary N) is 1. The van der Waals surface area contributed by atoms with E-state index in [9.17, 15) is 9.59 Å². The number of aromatic nitrogens is 2. The molecule has 0 unspecified atom stereocenters. The van der Waals surface area contributed by atoms with E-state index in [4.69, 9.17) is 16.1 Å². The van der Waals surface area contributed by atoms with Gasteiger partial charge in [-0.25, -0.2) is 4.98 Å². The van der Waals surface area contributed by atoms with Gasteiger partial charge in [0.2, 0.25) is 0 Å². The summed E-state index contributed by atoms with van der Waals surface area (Å²) >= 11 is 0. The van der Waals surface area contributed by atoms with Gasteiger partial charge in [-0.15, -0.1) is 0 Å². The van der Waals surface area contributed by atoms with Crippen LogP contribution in [0.5, 0.6) is 0 Å². The largest absolute Gasteiger partial charge is 0.382 e. The van der Waals surface area contributed by atoms with Gasteiger partial charge in [0.05, 0.1) is 5.56 Å². The SMILES string of the molecule is Cc1cc(C)c(CNC(=O)c2cc(-c3ccc(N4CCN(CCCN)CC4)nc3)cc(NC(C)C)c2C=N)c(=O)[nH]1. The van der Waals surface area contributed by atoms with Crippen LogP contribution < -0.4 is 26.8 Å². The first kappa shape index (κ1) is 30.0. The molecule has 1 aliphatic heterocycles. The third kappa shape index (κ3) is 7.39. The average molecular weight is 559 g/mol. The molecule has 0 aliphatic carbocycles. The Bertz CT molecular complexity index is 1420. The Balaban J connectivity index is 1.58. The Labute approximate surface area is 241 Å². The highest BCUT2D eigenvalue weighted by atomic mass is 16.1. The fourth-order valence-corrected chi connectivity index (χ4v) is 5.22. The lowest BCUT2D eigenvalue weighted by atomic mass is 9.97. The van der Waals surface area contributed by atoms with Crippen LogP contribution in [0.4, 0.5) is 11.5 Å². The van der Waals surface area contributed by atoms with Gasteiger partial charge < -0.3 is 31.7 Å². The predicted octanol–water partition coefficient (Wildman–Crippen LogP) is 3.27. The molecule has 0 bridgehead atoms. The summed E-state index contributed by atoms with van der Waals surface area (Å²) in [5, 5.41) is 14.4.